The van der Waals surface area contributed by atoms with Crippen LogP contribution in [-0.4, -0.2) is 22.1 Å². The second kappa shape index (κ2) is 6.55. The van der Waals surface area contributed by atoms with Crippen LogP contribution in [0.15, 0.2) is 0 Å². The number of carbonyl (C=O) groups is 1. The van der Waals surface area contributed by atoms with E-state index in [0.717, 1.165) is 36.3 Å². The molecule has 0 bridgehead atoms. The van der Waals surface area contributed by atoms with Crippen molar-refractivity contribution in [2.75, 3.05) is 10.7 Å². The SMILES string of the molecule is CCC(CBr)(CBr)NC(=O)C1(CC)CCCC1. The molecule has 0 spiro atoms. The molecule has 0 aromatic heterocycles. The highest BCUT2D eigenvalue weighted by Crippen LogP contribution is 2.41. The van der Waals surface area contributed by atoms with Crippen LogP contribution in [0.3, 0.4) is 0 Å². The van der Waals surface area contributed by atoms with Gasteiger partial charge in [0.15, 0.2) is 0 Å². The molecule has 1 aliphatic rings. The molecular formula is C13H23Br2NO. The van der Waals surface area contributed by atoms with E-state index in [9.17, 15) is 4.79 Å². The number of carbonyl (C=O) groups excluding carboxylic acids is 1. The maximum absolute atomic E-state index is 12.5. The molecule has 1 amide bonds. The first kappa shape index (κ1) is 15.5. The van der Waals surface area contributed by atoms with Crippen LogP contribution in [0.25, 0.3) is 0 Å². The van der Waals surface area contributed by atoms with Gasteiger partial charge in [0.25, 0.3) is 0 Å². The Morgan fingerprint density at radius 1 is 1.24 bits per heavy atom. The summed E-state index contributed by atoms with van der Waals surface area (Å²) < 4.78 is 0. The number of hydrogen-bond donors (Lipinski definition) is 1. The second-order valence-corrected chi connectivity index (χ2v) is 6.32. The Bertz CT molecular complexity index is 250. The maximum atomic E-state index is 12.5. The molecule has 0 unspecified atom stereocenters. The van der Waals surface area contributed by atoms with Crippen molar-refractivity contribution in [3.8, 4) is 0 Å². The summed E-state index contributed by atoms with van der Waals surface area (Å²) in [6, 6.07) is 0. The molecule has 2 nitrogen and oxygen atoms in total. The summed E-state index contributed by atoms with van der Waals surface area (Å²) in [4.78, 5) is 12.5. The van der Waals surface area contributed by atoms with Gasteiger partial charge in [-0.05, 0) is 25.7 Å². The lowest BCUT2D eigenvalue weighted by molar-refractivity contribution is -0.132. The molecule has 0 saturated heterocycles. The zero-order valence-electron chi connectivity index (χ0n) is 10.8. The van der Waals surface area contributed by atoms with E-state index in [0.29, 0.717) is 0 Å². The molecule has 0 radical (unpaired) electrons. The van der Waals surface area contributed by atoms with Gasteiger partial charge < -0.3 is 5.32 Å². The van der Waals surface area contributed by atoms with Crippen LogP contribution in [0.4, 0.5) is 0 Å². The fourth-order valence-electron chi connectivity index (χ4n) is 2.55. The van der Waals surface area contributed by atoms with E-state index in [-0.39, 0.29) is 16.9 Å². The summed E-state index contributed by atoms with van der Waals surface area (Å²) >= 11 is 7.05. The van der Waals surface area contributed by atoms with E-state index < -0.39 is 0 Å². The van der Waals surface area contributed by atoms with Crippen molar-refractivity contribution in [1.29, 1.82) is 0 Å². The summed E-state index contributed by atoms with van der Waals surface area (Å²) in [7, 11) is 0. The Kier molecular flexibility index (Phi) is 5.97. The maximum Gasteiger partial charge on any atom is 0.226 e. The molecule has 0 aromatic rings. The van der Waals surface area contributed by atoms with E-state index in [2.05, 4.69) is 51.0 Å². The fourth-order valence-corrected chi connectivity index (χ4v) is 4.55. The van der Waals surface area contributed by atoms with Gasteiger partial charge in [0.1, 0.15) is 0 Å². The summed E-state index contributed by atoms with van der Waals surface area (Å²) in [6.07, 6.45) is 6.41. The first-order valence-corrected chi connectivity index (χ1v) is 8.77. The van der Waals surface area contributed by atoms with Crippen LogP contribution in [0.5, 0.6) is 0 Å². The molecule has 0 heterocycles. The number of nitrogens with one attached hydrogen (secondary N) is 1. The van der Waals surface area contributed by atoms with Gasteiger partial charge in [-0.25, -0.2) is 0 Å². The lowest BCUT2D eigenvalue weighted by atomic mass is 9.81. The van der Waals surface area contributed by atoms with Crippen molar-refractivity contribution in [3.63, 3.8) is 0 Å². The van der Waals surface area contributed by atoms with Crippen LogP contribution in [0.1, 0.15) is 52.4 Å². The minimum absolute atomic E-state index is 0.0925. The van der Waals surface area contributed by atoms with Crippen molar-refractivity contribution < 1.29 is 4.79 Å². The number of rotatable bonds is 6. The molecule has 1 fully saturated rings. The molecule has 1 aliphatic carbocycles. The predicted molar refractivity (Wildman–Crippen MR) is 79.9 cm³/mol. The predicted octanol–water partition coefficient (Wildman–Crippen LogP) is 4.01. The summed E-state index contributed by atoms with van der Waals surface area (Å²) in [6.45, 7) is 4.26. The van der Waals surface area contributed by atoms with E-state index in [1.54, 1.807) is 0 Å². The number of hydrogen-bond acceptors (Lipinski definition) is 1. The van der Waals surface area contributed by atoms with Gasteiger partial charge in [-0.1, -0.05) is 58.5 Å². The average molecular weight is 369 g/mol. The zero-order valence-corrected chi connectivity index (χ0v) is 14.0. The third-order valence-corrected chi connectivity index (χ3v) is 6.43. The Balaban J connectivity index is 2.75. The normalized spacial score (nSPS) is 19.3. The van der Waals surface area contributed by atoms with Crippen LogP contribution < -0.4 is 5.32 Å². The minimum Gasteiger partial charge on any atom is -0.349 e. The summed E-state index contributed by atoms with van der Waals surface area (Å²) in [5, 5.41) is 4.88. The monoisotopic (exact) mass is 367 g/mol. The van der Waals surface area contributed by atoms with Crippen LogP contribution in [0.2, 0.25) is 0 Å². The molecule has 17 heavy (non-hydrogen) atoms. The third kappa shape index (κ3) is 3.25. The van der Waals surface area contributed by atoms with E-state index in [4.69, 9.17) is 0 Å². The summed E-state index contributed by atoms with van der Waals surface area (Å²) in [5.41, 5.74) is -0.230. The first-order valence-electron chi connectivity index (χ1n) is 6.52. The van der Waals surface area contributed by atoms with Crippen molar-refractivity contribution in [2.24, 2.45) is 5.41 Å². The highest BCUT2D eigenvalue weighted by molar-refractivity contribution is 9.09. The van der Waals surface area contributed by atoms with Gasteiger partial charge in [0.2, 0.25) is 5.91 Å². The van der Waals surface area contributed by atoms with Crippen molar-refractivity contribution in [2.45, 2.75) is 57.9 Å². The molecule has 0 atom stereocenters. The van der Waals surface area contributed by atoms with Crippen molar-refractivity contribution >= 4 is 37.8 Å². The van der Waals surface area contributed by atoms with E-state index in [1.165, 1.54) is 12.8 Å². The van der Waals surface area contributed by atoms with Crippen LogP contribution in [-0.2, 0) is 4.79 Å². The molecular weight excluding hydrogens is 346 g/mol. The first-order chi connectivity index (χ1) is 8.08. The lowest BCUT2D eigenvalue weighted by Crippen LogP contribution is -2.55. The molecule has 100 valence electrons. The van der Waals surface area contributed by atoms with Gasteiger partial charge >= 0.3 is 0 Å². The highest BCUT2D eigenvalue weighted by atomic mass is 79.9. The zero-order chi connectivity index (χ0) is 12.9. The Labute approximate surface area is 122 Å². The molecule has 4 heteroatoms. The van der Waals surface area contributed by atoms with Gasteiger partial charge in [0.05, 0.1) is 5.54 Å². The van der Waals surface area contributed by atoms with Gasteiger partial charge in [-0.2, -0.15) is 0 Å². The topological polar surface area (TPSA) is 29.1 Å². The standard InChI is InChI=1S/C13H23Br2NO/c1-3-12(7-5-6-8-12)11(17)16-13(4-2,9-14)10-15/h3-10H2,1-2H3,(H,16,17). The Hall–Kier alpha value is 0.430. The Morgan fingerprint density at radius 3 is 2.12 bits per heavy atom. The molecule has 1 saturated carbocycles. The highest BCUT2D eigenvalue weighted by Gasteiger charge is 2.42. The number of amides is 1. The quantitative estimate of drug-likeness (QED) is 0.705. The Morgan fingerprint density at radius 2 is 1.76 bits per heavy atom. The molecule has 1 rings (SSSR count). The fraction of sp³-hybridized carbons (Fsp3) is 0.923. The average Bonchev–Trinajstić information content (AvgIpc) is 2.86. The van der Waals surface area contributed by atoms with Gasteiger partial charge in [0, 0.05) is 16.1 Å². The number of alkyl halides is 2. The summed E-state index contributed by atoms with van der Waals surface area (Å²) in [5.74, 6) is 0.262. The minimum atomic E-state index is -0.137. The van der Waals surface area contributed by atoms with Gasteiger partial charge in [-0.3, -0.25) is 4.79 Å². The van der Waals surface area contributed by atoms with Crippen LogP contribution >= 0.6 is 31.9 Å². The third-order valence-electron chi connectivity index (χ3n) is 4.29. The van der Waals surface area contributed by atoms with E-state index >= 15 is 0 Å². The lowest BCUT2D eigenvalue weighted by Gasteiger charge is -2.35. The largest absolute Gasteiger partial charge is 0.349 e. The van der Waals surface area contributed by atoms with E-state index in [1.807, 2.05) is 0 Å². The van der Waals surface area contributed by atoms with Gasteiger partial charge in [-0.15, -0.1) is 0 Å². The van der Waals surface area contributed by atoms with Crippen molar-refractivity contribution in [1.82, 2.24) is 5.32 Å². The molecule has 1 N–H and O–H groups in total. The number of halogens is 2. The van der Waals surface area contributed by atoms with Crippen LogP contribution in [0, 0.1) is 5.41 Å². The smallest absolute Gasteiger partial charge is 0.226 e. The molecule has 0 aromatic carbocycles. The van der Waals surface area contributed by atoms with Crippen molar-refractivity contribution in [3.05, 3.63) is 0 Å². The molecule has 0 aliphatic heterocycles. The second-order valence-electron chi connectivity index (χ2n) is 5.20.